The molecule has 0 bridgehead atoms. The number of benzene rings is 1. The van der Waals surface area contributed by atoms with Gasteiger partial charge in [0.15, 0.2) is 5.82 Å². The van der Waals surface area contributed by atoms with Gasteiger partial charge in [-0.25, -0.2) is 13.8 Å². The van der Waals surface area contributed by atoms with Gasteiger partial charge in [0.05, 0.1) is 11.3 Å². The summed E-state index contributed by atoms with van der Waals surface area (Å²) in [6, 6.07) is 10.8. The monoisotopic (exact) mass is 646 g/mol. The number of alkyl halides is 2. The van der Waals surface area contributed by atoms with E-state index in [2.05, 4.69) is 48.3 Å². The molecule has 204 valence electrons. The van der Waals surface area contributed by atoms with Gasteiger partial charge in [0.1, 0.15) is 11.2 Å². The van der Waals surface area contributed by atoms with Crippen LogP contribution in [-0.4, -0.2) is 53.9 Å². The molecule has 0 atom stereocenters. The maximum absolute atomic E-state index is 13.8. The SMILES string of the molecule is O=C(NNC(=O)c1ccc(I)cc1N1CCC2(CC1)CC2)c1cc2cccnc2c(N2CCC(F)(F)CC2)n1. The van der Waals surface area contributed by atoms with Crippen molar-refractivity contribution in [1.82, 2.24) is 20.8 Å². The zero-order valence-electron chi connectivity index (χ0n) is 21.4. The highest BCUT2D eigenvalue weighted by Gasteiger charge is 2.44. The Morgan fingerprint density at radius 2 is 1.56 bits per heavy atom. The molecule has 3 fully saturated rings. The Morgan fingerprint density at radius 1 is 0.872 bits per heavy atom. The lowest BCUT2D eigenvalue weighted by Gasteiger charge is -2.35. The lowest BCUT2D eigenvalue weighted by molar-refractivity contribution is -0.0221. The molecule has 11 heteroatoms. The smallest absolute Gasteiger partial charge is 0.288 e. The number of fused-ring (bicyclic) bond motifs is 1. The molecule has 1 aromatic carbocycles. The largest absolute Gasteiger partial charge is 0.371 e. The third-order valence-electron chi connectivity index (χ3n) is 8.21. The third-order valence-corrected chi connectivity index (χ3v) is 8.88. The number of carbonyl (C=O) groups excluding carboxylic acids is 2. The van der Waals surface area contributed by atoms with E-state index in [-0.39, 0.29) is 31.6 Å². The van der Waals surface area contributed by atoms with Crippen molar-refractivity contribution in [2.75, 3.05) is 36.0 Å². The number of rotatable bonds is 4. The molecule has 2 N–H and O–H groups in total. The fraction of sp³-hybridized carbons (Fsp3) is 0.429. The Hall–Kier alpha value is -3.09. The van der Waals surface area contributed by atoms with E-state index in [4.69, 9.17) is 0 Å². The van der Waals surface area contributed by atoms with E-state index in [9.17, 15) is 18.4 Å². The van der Waals surface area contributed by atoms with Gasteiger partial charge in [-0.3, -0.25) is 25.4 Å². The van der Waals surface area contributed by atoms with Crippen molar-refractivity contribution in [2.24, 2.45) is 5.41 Å². The quantitative estimate of drug-likeness (QED) is 0.309. The molecule has 2 amide bonds. The molecule has 3 aromatic rings. The van der Waals surface area contributed by atoms with Crippen molar-refractivity contribution in [3.05, 3.63) is 57.4 Å². The van der Waals surface area contributed by atoms with Crippen LogP contribution in [0.15, 0.2) is 42.6 Å². The highest BCUT2D eigenvalue weighted by molar-refractivity contribution is 14.1. The molecule has 1 saturated carbocycles. The number of aromatic nitrogens is 2. The second kappa shape index (κ2) is 10.1. The van der Waals surface area contributed by atoms with E-state index < -0.39 is 17.7 Å². The molecule has 2 saturated heterocycles. The number of anilines is 2. The van der Waals surface area contributed by atoms with Crippen LogP contribution in [0.25, 0.3) is 10.9 Å². The van der Waals surface area contributed by atoms with Crippen LogP contribution in [-0.2, 0) is 0 Å². The van der Waals surface area contributed by atoms with Gasteiger partial charge in [0.2, 0.25) is 0 Å². The second-order valence-electron chi connectivity index (χ2n) is 10.8. The van der Waals surface area contributed by atoms with Gasteiger partial charge < -0.3 is 9.80 Å². The first-order valence-electron chi connectivity index (χ1n) is 13.3. The van der Waals surface area contributed by atoms with E-state index in [1.54, 1.807) is 35.4 Å². The fourth-order valence-electron chi connectivity index (χ4n) is 5.55. The predicted octanol–water partition coefficient (Wildman–Crippen LogP) is 4.93. The maximum Gasteiger partial charge on any atom is 0.288 e. The average Bonchev–Trinajstić information content (AvgIpc) is 3.69. The van der Waals surface area contributed by atoms with E-state index in [0.29, 0.717) is 27.7 Å². The number of hydrogen-bond acceptors (Lipinski definition) is 6. The Bertz CT molecular complexity index is 1430. The van der Waals surface area contributed by atoms with Crippen molar-refractivity contribution in [1.29, 1.82) is 0 Å². The molecule has 1 spiro atoms. The van der Waals surface area contributed by atoms with Crippen molar-refractivity contribution in [3.63, 3.8) is 0 Å². The Labute approximate surface area is 238 Å². The third kappa shape index (κ3) is 5.50. The van der Waals surface area contributed by atoms with E-state index in [1.807, 2.05) is 12.1 Å². The summed E-state index contributed by atoms with van der Waals surface area (Å²) in [6.45, 7) is 2.04. The summed E-state index contributed by atoms with van der Waals surface area (Å²) in [5.74, 6) is -3.33. The summed E-state index contributed by atoms with van der Waals surface area (Å²) in [6.07, 6.45) is 5.91. The van der Waals surface area contributed by atoms with E-state index in [0.717, 1.165) is 35.2 Å². The molecular weight excluding hydrogens is 617 g/mol. The van der Waals surface area contributed by atoms with Gasteiger partial charge in [0, 0.05) is 54.2 Å². The predicted molar refractivity (Wildman–Crippen MR) is 153 cm³/mol. The van der Waals surface area contributed by atoms with Crippen LogP contribution >= 0.6 is 22.6 Å². The molecule has 3 aliphatic rings. The highest BCUT2D eigenvalue weighted by Crippen LogP contribution is 2.54. The van der Waals surface area contributed by atoms with Gasteiger partial charge in [-0.1, -0.05) is 6.07 Å². The zero-order valence-corrected chi connectivity index (χ0v) is 23.5. The standard InChI is InChI=1S/C28H29F2IN6O2/c29-28(30)9-14-37(15-10-28)24-23-18(2-1-11-32-23)16-21(33-24)26(39)35-34-25(38)20-4-3-19(31)17-22(20)36-12-7-27(5-6-27)8-13-36/h1-4,11,16-17H,5-10,12-15H2,(H,34,38)(H,35,39). The number of nitrogens with one attached hydrogen (secondary N) is 2. The summed E-state index contributed by atoms with van der Waals surface area (Å²) in [5.41, 5.74) is 7.53. The maximum atomic E-state index is 13.8. The number of hydrazine groups is 1. The topological polar surface area (TPSA) is 90.5 Å². The molecule has 0 radical (unpaired) electrons. The number of carbonyl (C=O) groups is 2. The van der Waals surface area contributed by atoms with Crippen LogP contribution in [0.5, 0.6) is 0 Å². The molecule has 6 rings (SSSR count). The van der Waals surface area contributed by atoms with Crippen LogP contribution < -0.4 is 20.7 Å². The highest BCUT2D eigenvalue weighted by atomic mass is 127. The number of amides is 2. The van der Waals surface area contributed by atoms with Gasteiger partial charge in [0.25, 0.3) is 17.7 Å². The first-order chi connectivity index (χ1) is 18.7. The summed E-state index contributed by atoms with van der Waals surface area (Å²) in [4.78, 5) is 39.2. The Kier molecular flexibility index (Phi) is 6.80. The zero-order chi connectivity index (χ0) is 27.2. The minimum atomic E-state index is -2.71. The lowest BCUT2D eigenvalue weighted by atomic mass is 9.93. The minimum absolute atomic E-state index is 0.0664. The van der Waals surface area contributed by atoms with Crippen molar-refractivity contribution < 1.29 is 18.4 Å². The van der Waals surface area contributed by atoms with Gasteiger partial charge in [-0.15, -0.1) is 0 Å². The summed E-state index contributed by atoms with van der Waals surface area (Å²) in [5, 5.41) is 0.662. The first-order valence-corrected chi connectivity index (χ1v) is 14.3. The van der Waals surface area contributed by atoms with Gasteiger partial charge in [-0.2, -0.15) is 0 Å². The fourth-order valence-corrected chi connectivity index (χ4v) is 6.03. The number of piperidine rings is 2. The second-order valence-corrected chi connectivity index (χ2v) is 12.1. The van der Waals surface area contributed by atoms with Crippen LogP contribution in [0.2, 0.25) is 0 Å². The first kappa shape index (κ1) is 26.1. The van der Waals surface area contributed by atoms with Gasteiger partial charge >= 0.3 is 0 Å². The Balaban J connectivity index is 1.19. The van der Waals surface area contributed by atoms with Crippen molar-refractivity contribution in [3.8, 4) is 0 Å². The molecule has 0 unspecified atom stereocenters. The molecular formula is C28H29F2IN6O2. The molecule has 2 aromatic heterocycles. The summed E-state index contributed by atoms with van der Waals surface area (Å²) >= 11 is 2.24. The summed E-state index contributed by atoms with van der Waals surface area (Å²) in [7, 11) is 0. The Morgan fingerprint density at radius 3 is 2.28 bits per heavy atom. The van der Waals surface area contributed by atoms with E-state index in [1.165, 1.54) is 12.8 Å². The average molecular weight is 646 g/mol. The van der Waals surface area contributed by atoms with E-state index >= 15 is 0 Å². The van der Waals surface area contributed by atoms with Crippen molar-refractivity contribution >= 4 is 56.8 Å². The lowest BCUT2D eigenvalue weighted by Crippen LogP contribution is -2.43. The van der Waals surface area contributed by atoms with Crippen LogP contribution in [0.4, 0.5) is 20.3 Å². The molecule has 8 nitrogen and oxygen atoms in total. The number of pyridine rings is 2. The van der Waals surface area contributed by atoms with Crippen LogP contribution in [0.3, 0.4) is 0 Å². The normalized spacial score (nSPS) is 19.7. The molecule has 4 heterocycles. The minimum Gasteiger partial charge on any atom is -0.371 e. The molecule has 39 heavy (non-hydrogen) atoms. The molecule has 2 aliphatic heterocycles. The van der Waals surface area contributed by atoms with Gasteiger partial charge in [-0.05, 0) is 84.0 Å². The number of nitrogens with zero attached hydrogens (tertiary/aromatic N) is 4. The van der Waals surface area contributed by atoms with Crippen LogP contribution in [0.1, 0.15) is 59.4 Å². The van der Waals surface area contributed by atoms with Crippen LogP contribution in [0, 0.1) is 8.99 Å². The van der Waals surface area contributed by atoms with Crippen molar-refractivity contribution in [2.45, 2.75) is 44.4 Å². The summed E-state index contributed by atoms with van der Waals surface area (Å²) < 4.78 is 28.6. The number of halogens is 3. The number of hydrogen-bond donors (Lipinski definition) is 2. The molecule has 1 aliphatic carbocycles.